The molecule has 0 spiro atoms. The molecule has 0 aromatic rings. The second kappa shape index (κ2) is 3.61. The van der Waals surface area contributed by atoms with E-state index in [2.05, 4.69) is 22.6 Å². The smallest absolute Gasteiger partial charge is 0.0622 e. The van der Waals surface area contributed by atoms with Crippen molar-refractivity contribution >= 4 is 22.6 Å². The zero-order chi connectivity index (χ0) is 4.99. The summed E-state index contributed by atoms with van der Waals surface area (Å²) in [6.45, 7) is 2.10. The van der Waals surface area contributed by atoms with Crippen LogP contribution in [-0.2, 0) is 0 Å². The van der Waals surface area contributed by atoms with E-state index in [1.54, 1.807) is 6.08 Å². The Morgan fingerprint density at radius 2 is 2.50 bits per heavy atom. The Bertz CT molecular complexity index is 54.6. The van der Waals surface area contributed by atoms with Crippen LogP contribution < -0.4 is 0 Å². The van der Waals surface area contributed by atoms with Crippen molar-refractivity contribution in [2.75, 3.05) is 6.61 Å². The van der Waals surface area contributed by atoms with E-state index in [1.807, 2.05) is 6.92 Å². The van der Waals surface area contributed by atoms with Gasteiger partial charge in [0, 0.05) is 0 Å². The number of hydrogen-bond donors (Lipinski definition) is 1. The van der Waals surface area contributed by atoms with E-state index in [4.69, 9.17) is 5.11 Å². The first-order chi connectivity index (χ1) is 2.77. The zero-order valence-corrected chi connectivity index (χ0v) is 5.77. The van der Waals surface area contributed by atoms with Gasteiger partial charge in [-0.1, -0.05) is 6.08 Å². The minimum atomic E-state index is 0.161. The van der Waals surface area contributed by atoms with Crippen molar-refractivity contribution in [1.29, 1.82) is 0 Å². The van der Waals surface area contributed by atoms with E-state index >= 15 is 0 Å². The molecule has 1 N–H and O–H groups in total. The molecular weight excluding hydrogens is 191 g/mol. The standard InChI is InChI=1S/C4H7IO/c1-4(5)2-3-6/h2,6H,3H2,1H3/b4-2-. The van der Waals surface area contributed by atoms with Gasteiger partial charge in [-0.25, -0.2) is 0 Å². The van der Waals surface area contributed by atoms with Gasteiger partial charge >= 0.3 is 0 Å². The van der Waals surface area contributed by atoms with Gasteiger partial charge in [-0.3, -0.25) is 0 Å². The van der Waals surface area contributed by atoms with Crippen molar-refractivity contribution in [3.05, 3.63) is 9.66 Å². The van der Waals surface area contributed by atoms with Crippen LogP contribution in [0.1, 0.15) is 6.92 Å². The van der Waals surface area contributed by atoms with Gasteiger partial charge in [0.25, 0.3) is 0 Å². The number of aliphatic hydroxyl groups excluding tert-OH is 1. The second-order valence-corrected chi connectivity index (χ2v) is 2.68. The van der Waals surface area contributed by atoms with Crippen molar-refractivity contribution in [2.24, 2.45) is 0 Å². The normalized spacial score (nSPS) is 12.2. The van der Waals surface area contributed by atoms with E-state index in [9.17, 15) is 0 Å². The summed E-state index contributed by atoms with van der Waals surface area (Å²) in [5.41, 5.74) is 0. The Morgan fingerprint density at radius 3 is 2.50 bits per heavy atom. The lowest BCUT2D eigenvalue weighted by atomic mass is 10.6. The summed E-state index contributed by atoms with van der Waals surface area (Å²) >= 11 is 2.14. The van der Waals surface area contributed by atoms with Crippen molar-refractivity contribution in [1.82, 2.24) is 0 Å². The Balaban J connectivity index is 3.14. The molecular formula is C4H7IO. The molecule has 6 heavy (non-hydrogen) atoms. The minimum absolute atomic E-state index is 0.161. The van der Waals surface area contributed by atoms with Crippen LogP contribution in [0.15, 0.2) is 9.66 Å². The first-order valence-electron chi connectivity index (χ1n) is 1.70. The van der Waals surface area contributed by atoms with Crippen molar-refractivity contribution in [2.45, 2.75) is 6.92 Å². The van der Waals surface area contributed by atoms with E-state index in [-0.39, 0.29) is 6.61 Å². The van der Waals surface area contributed by atoms with Crippen LogP contribution in [0.4, 0.5) is 0 Å². The number of allylic oxidation sites excluding steroid dienone is 1. The predicted molar refractivity (Wildman–Crippen MR) is 34.9 cm³/mol. The molecule has 0 radical (unpaired) electrons. The maximum Gasteiger partial charge on any atom is 0.0622 e. The fourth-order valence-electron chi connectivity index (χ4n) is 0.126. The van der Waals surface area contributed by atoms with Crippen LogP contribution >= 0.6 is 22.6 Å². The van der Waals surface area contributed by atoms with Gasteiger partial charge in [0.2, 0.25) is 0 Å². The van der Waals surface area contributed by atoms with Gasteiger partial charge in [0.1, 0.15) is 0 Å². The van der Waals surface area contributed by atoms with Crippen LogP contribution in [0.2, 0.25) is 0 Å². The third-order valence-electron chi connectivity index (χ3n) is 0.373. The van der Waals surface area contributed by atoms with Crippen molar-refractivity contribution in [3.63, 3.8) is 0 Å². The maximum atomic E-state index is 8.16. The largest absolute Gasteiger partial charge is 0.392 e. The number of aliphatic hydroxyl groups is 1. The monoisotopic (exact) mass is 198 g/mol. The molecule has 2 heteroatoms. The Labute approximate surface area is 51.2 Å². The molecule has 0 fully saturated rings. The summed E-state index contributed by atoms with van der Waals surface area (Å²) in [6.07, 6.45) is 1.75. The average molecular weight is 198 g/mol. The summed E-state index contributed by atoms with van der Waals surface area (Å²) < 4.78 is 1.13. The Morgan fingerprint density at radius 1 is 2.00 bits per heavy atom. The first kappa shape index (κ1) is 6.43. The molecule has 0 saturated heterocycles. The lowest BCUT2D eigenvalue weighted by Crippen LogP contribution is -1.69. The molecule has 0 saturated carbocycles. The third-order valence-corrected chi connectivity index (χ3v) is 0.813. The molecule has 0 unspecified atom stereocenters. The maximum absolute atomic E-state index is 8.16. The van der Waals surface area contributed by atoms with E-state index in [0.717, 1.165) is 3.58 Å². The predicted octanol–water partition coefficient (Wildman–Crippen LogP) is 1.32. The SMILES string of the molecule is C/C(I)=C/CO. The molecule has 0 bridgehead atoms. The van der Waals surface area contributed by atoms with Gasteiger partial charge in [0.15, 0.2) is 0 Å². The number of rotatable bonds is 1. The van der Waals surface area contributed by atoms with E-state index < -0.39 is 0 Å². The van der Waals surface area contributed by atoms with Gasteiger partial charge in [-0.05, 0) is 33.1 Å². The first-order valence-corrected chi connectivity index (χ1v) is 2.78. The van der Waals surface area contributed by atoms with Crippen LogP contribution in [0.5, 0.6) is 0 Å². The fourth-order valence-corrected chi connectivity index (χ4v) is 0.323. The summed E-state index contributed by atoms with van der Waals surface area (Å²) in [4.78, 5) is 0. The van der Waals surface area contributed by atoms with Crippen LogP contribution in [0, 0.1) is 0 Å². The minimum Gasteiger partial charge on any atom is -0.392 e. The van der Waals surface area contributed by atoms with Crippen molar-refractivity contribution < 1.29 is 5.11 Å². The number of halogens is 1. The van der Waals surface area contributed by atoms with Crippen LogP contribution in [0.25, 0.3) is 0 Å². The molecule has 0 aromatic carbocycles. The molecule has 0 rings (SSSR count). The lowest BCUT2D eigenvalue weighted by Gasteiger charge is -1.77. The summed E-state index contributed by atoms with van der Waals surface area (Å²) in [7, 11) is 0. The summed E-state index contributed by atoms with van der Waals surface area (Å²) in [5.74, 6) is 0. The molecule has 0 atom stereocenters. The summed E-state index contributed by atoms with van der Waals surface area (Å²) in [5, 5.41) is 8.16. The summed E-state index contributed by atoms with van der Waals surface area (Å²) in [6, 6.07) is 0. The highest BCUT2D eigenvalue weighted by Crippen LogP contribution is 1.99. The lowest BCUT2D eigenvalue weighted by molar-refractivity contribution is 0.342. The van der Waals surface area contributed by atoms with Crippen LogP contribution in [-0.4, -0.2) is 11.7 Å². The second-order valence-electron chi connectivity index (χ2n) is 0.973. The van der Waals surface area contributed by atoms with Gasteiger partial charge < -0.3 is 5.11 Å². The zero-order valence-electron chi connectivity index (χ0n) is 3.61. The van der Waals surface area contributed by atoms with Crippen molar-refractivity contribution in [3.8, 4) is 0 Å². The highest BCUT2D eigenvalue weighted by molar-refractivity contribution is 14.1. The highest BCUT2D eigenvalue weighted by atomic mass is 127. The fraction of sp³-hybridized carbons (Fsp3) is 0.500. The molecule has 0 amide bonds. The molecule has 1 nitrogen and oxygen atoms in total. The third kappa shape index (κ3) is 4.43. The van der Waals surface area contributed by atoms with Gasteiger partial charge in [-0.15, -0.1) is 0 Å². The molecule has 0 aliphatic heterocycles. The highest BCUT2D eigenvalue weighted by Gasteiger charge is 1.70. The molecule has 0 aliphatic carbocycles. The Hall–Kier alpha value is 0.430. The molecule has 36 valence electrons. The Kier molecular flexibility index (Phi) is 3.87. The molecule has 0 aromatic heterocycles. The molecule has 0 aliphatic rings. The average Bonchev–Trinajstić information content (AvgIpc) is 1.35. The van der Waals surface area contributed by atoms with Gasteiger partial charge in [0.05, 0.1) is 6.61 Å². The topological polar surface area (TPSA) is 20.2 Å². The quantitative estimate of drug-likeness (QED) is 0.630. The molecule has 0 heterocycles. The van der Waals surface area contributed by atoms with E-state index in [1.165, 1.54) is 0 Å². The number of hydrogen-bond acceptors (Lipinski definition) is 1. The van der Waals surface area contributed by atoms with E-state index in [0.29, 0.717) is 0 Å². The van der Waals surface area contributed by atoms with Crippen LogP contribution in [0.3, 0.4) is 0 Å². The van der Waals surface area contributed by atoms with Gasteiger partial charge in [-0.2, -0.15) is 0 Å².